The van der Waals surface area contributed by atoms with Crippen LogP contribution in [-0.2, 0) is 0 Å². The number of nitrogens with one attached hydrogen (secondary N) is 2. The van der Waals surface area contributed by atoms with Crippen molar-refractivity contribution in [3.05, 3.63) is 81.3 Å². The molecule has 0 atom stereocenters. The number of hydrogen-bond acceptors (Lipinski definition) is 3. The molecule has 0 aliphatic carbocycles. The third-order valence-corrected chi connectivity index (χ3v) is 3.95. The molecule has 4 aromatic rings. The van der Waals surface area contributed by atoms with Crippen molar-refractivity contribution < 1.29 is 0 Å². The van der Waals surface area contributed by atoms with Crippen molar-refractivity contribution in [1.82, 2.24) is 19.7 Å². The Bertz CT molecular complexity index is 1150. The lowest BCUT2D eigenvalue weighted by Gasteiger charge is -2.11. The minimum atomic E-state index is -0.507. The van der Waals surface area contributed by atoms with Crippen LogP contribution in [0.25, 0.3) is 27.7 Å². The molecule has 0 bridgehead atoms. The molecule has 6 heteroatoms. The Balaban J connectivity index is 1.99. The Labute approximate surface area is 136 Å². The van der Waals surface area contributed by atoms with Gasteiger partial charge in [-0.05, 0) is 42.3 Å². The van der Waals surface area contributed by atoms with Crippen LogP contribution in [0.5, 0.6) is 0 Å². The number of fused-ring (bicyclic) bond motifs is 1. The normalized spacial score (nSPS) is 11.0. The van der Waals surface area contributed by atoms with Crippen molar-refractivity contribution in [2.24, 2.45) is 0 Å². The Kier molecular flexibility index (Phi) is 3.16. The highest BCUT2D eigenvalue weighted by Gasteiger charge is 2.10. The second-order valence-electron chi connectivity index (χ2n) is 5.64. The molecule has 0 aliphatic heterocycles. The maximum atomic E-state index is 12.1. The van der Waals surface area contributed by atoms with Crippen molar-refractivity contribution in [3.8, 4) is 16.8 Å². The molecule has 2 N–H and O–H groups in total. The number of H-pyrrole nitrogens is 2. The zero-order valence-corrected chi connectivity index (χ0v) is 12.9. The summed E-state index contributed by atoms with van der Waals surface area (Å²) in [5.74, 6) is 0. The van der Waals surface area contributed by atoms with E-state index in [-0.39, 0.29) is 0 Å². The molecule has 2 heterocycles. The van der Waals surface area contributed by atoms with E-state index in [1.807, 2.05) is 43.5 Å². The van der Waals surface area contributed by atoms with Gasteiger partial charge in [-0.15, -0.1) is 0 Å². The number of aromatic nitrogens is 4. The predicted octanol–water partition coefficient (Wildman–Crippen LogP) is 2.38. The number of rotatable bonds is 2. The molecule has 2 aromatic carbocycles. The quantitative estimate of drug-likeness (QED) is 0.595. The van der Waals surface area contributed by atoms with Crippen LogP contribution >= 0.6 is 0 Å². The average molecular weight is 318 g/mol. The van der Waals surface area contributed by atoms with Gasteiger partial charge in [0, 0.05) is 18.0 Å². The van der Waals surface area contributed by atoms with Gasteiger partial charge in [0.15, 0.2) is 0 Å². The topological polar surface area (TPSA) is 83.5 Å². The molecule has 4 rings (SSSR count). The van der Waals surface area contributed by atoms with Gasteiger partial charge in [0.2, 0.25) is 0 Å². The lowest BCUT2D eigenvalue weighted by molar-refractivity contribution is 0.881. The van der Waals surface area contributed by atoms with Crippen molar-refractivity contribution in [2.75, 3.05) is 0 Å². The van der Waals surface area contributed by atoms with Crippen LogP contribution < -0.4 is 11.2 Å². The van der Waals surface area contributed by atoms with E-state index in [1.54, 1.807) is 23.0 Å². The molecule has 0 spiro atoms. The lowest BCUT2D eigenvalue weighted by Crippen LogP contribution is -2.21. The van der Waals surface area contributed by atoms with Crippen LogP contribution in [-0.4, -0.2) is 19.7 Å². The maximum Gasteiger partial charge on any atom is 0.326 e. The highest BCUT2D eigenvalue weighted by Crippen LogP contribution is 2.28. The van der Waals surface area contributed by atoms with Gasteiger partial charge in [0.25, 0.3) is 5.56 Å². The molecular formula is C18H14N4O2. The second kappa shape index (κ2) is 5.34. The fraction of sp³-hybridized carbons (Fsp3) is 0.0556. The van der Waals surface area contributed by atoms with Crippen LogP contribution in [0, 0.1) is 6.92 Å². The van der Waals surface area contributed by atoms with Gasteiger partial charge < -0.3 is 4.98 Å². The highest BCUT2D eigenvalue weighted by atomic mass is 16.2. The van der Waals surface area contributed by atoms with E-state index in [9.17, 15) is 9.59 Å². The zero-order valence-electron chi connectivity index (χ0n) is 12.9. The van der Waals surface area contributed by atoms with E-state index < -0.39 is 11.2 Å². The minimum absolute atomic E-state index is 0.400. The molecule has 0 radical (unpaired) electrons. The molecule has 0 unspecified atom stereocenters. The molecule has 24 heavy (non-hydrogen) atoms. The summed E-state index contributed by atoms with van der Waals surface area (Å²) in [5, 5.41) is 4.75. The van der Waals surface area contributed by atoms with Gasteiger partial charge in [-0.25, -0.2) is 9.48 Å². The zero-order chi connectivity index (χ0) is 16.7. The fourth-order valence-electron chi connectivity index (χ4n) is 2.82. The van der Waals surface area contributed by atoms with Crippen molar-refractivity contribution in [1.29, 1.82) is 0 Å². The molecule has 2 aromatic heterocycles. The summed E-state index contributed by atoms with van der Waals surface area (Å²) in [6.45, 7) is 2.02. The first kappa shape index (κ1) is 14.2. The minimum Gasteiger partial charge on any atom is -0.307 e. The Morgan fingerprint density at radius 2 is 1.92 bits per heavy atom. The first-order valence-electron chi connectivity index (χ1n) is 7.49. The van der Waals surface area contributed by atoms with Crippen LogP contribution in [0.3, 0.4) is 0 Å². The summed E-state index contributed by atoms with van der Waals surface area (Å²) < 4.78 is 1.80. The van der Waals surface area contributed by atoms with Crippen LogP contribution in [0.15, 0.2) is 64.4 Å². The van der Waals surface area contributed by atoms with E-state index >= 15 is 0 Å². The molecule has 0 fully saturated rings. The summed E-state index contributed by atoms with van der Waals surface area (Å²) in [4.78, 5) is 28.3. The number of benzene rings is 2. The third kappa shape index (κ3) is 2.34. The van der Waals surface area contributed by atoms with E-state index in [0.29, 0.717) is 10.9 Å². The Morgan fingerprint density at radius 3 is 2.71 bits per heavy atom. The SMILES string of the molecule is Cc1ccc(-c2ccc3[nH]c(=O)[nH]c(=O)c3c2)c(-n2cccn2)c1. The van der Waals surface area contributed by atoms with Gasteiger partial charge in [0.1, 0.15) is 0 Å². The van der Waals surface area contributed by atoms with Crippen molar-refractivity contribution in [3.63, 3.8) is 0 Å². The van der Waals surface area contributed by atoms with Gasteiger partial charge in [-0.1, -0.05) is 18.2 Å². The molecule has 6 nitrogen and oxygen atoms in total. The molecule has 0 amide bonds. The number of aromatic amines is 2. The van der Waals surface area contributed by atoms with E-state index in [2.05, 4.69) is 15.1 Å². The molecule has 0 saturated heterocycles. The molecule has 0 saturated carbocycles. The third-order valence-electron chi connectivity index (χ3n) is 3.95. The van der Waals surface area contributed by atoms with Gasteiger partial charge in [-0.2, -0.15) is 5.10 Å². The van der Waals surface area contributed by atoms with Crippen molar-refractivity contribution >= 4 is 10.9 Å². The maximum absolute atomic E-state index is 12.1. The van der Waals surface area contributed by atoms with E-state index in [4.69, 9.17) is 0 Å². The summed E-state index contributed by atoms with van der Waals surface area (Å²) >= 11 is 0. The first-order chi connectivity index (χ1) is 11.6. The Morgan fingerprint density at radius 1 is 1.04 bits per heavy atom. The summed E-state index contributed by atoms with van der Waals surface area (Å²) in [7, 11) is 0. The summed E-state index contributed by atoms with van der Waals surface area (Å²) in [6, 6.07) is 13.3. The number of hydrogen-bond donors (Lipinski definition) is 2. The van der Waals surface area contributed by atoms with Gasteiger partial charge in [0.05, 0.1) is 16.6 Å². The predicted molar refractivity (Wildman–Crippen MR) is 92.5 cm³/mol. The van der Waals surface area contributed by atoms with Gasteiger partial charge in [-0.3, -0.25) is 9.78 Å². The second-order valence-corrected chi connectivity index (χ2v) is 5.64. The Hall–Kier alpha value is -3.41. The first-order valence-corrected chi connectivity index (χ1v) is 7.49. The van der Waals surface area contributed by atoms with E-state index in [0.717, 1.165) is 22.4 Å². The van der Waals surface area contributed by atoms with Crippen molar-refractivity contribution in [2.45, 2.75) is 6.92 Å². The molecule has 118 valence electrons. The van der Waals surface area contributed by atoms with Crippen LogP contribution in [0.2, 0.25) is 0 Å². The largest absolute Gasteiger partial charge is 0.326 e. The summed E-state index contributed by atoms with van der Waals surface area (Å²) in [5.41, 5.74) is 3.49. The van der Waals surface area contributed by atoms with Gasteiger partial charge >= 0.3 is 5.69 Å². The lowest BCUT2D eigenvalue weighted by atomic mass is 10.0. The standard InChI is InChI=1S/C18H14N4O2/c1-11-3-5-13(16(9-11)22-8-2-7-19-22)12-4-6-15-14(10-12)17(23)21-18(24)20-15/h2-10H,1H3,(H2,20,21,23,24). The van der Waals surface area contributed by atoms with E-state index in [1.165, 1.54) is 0 Å². The van der Waals surface area contributed by atoms with Crippen LogP contribution in [0.1, 0.15) is 5.56 Å². The summed E-state index contributed by atoms with van der Waals surface area (Å²) in [6.07, 6.45) is 3.60. The fourth-order valence-corrected chi connectivity index (χ4v) is 2.82. The smallest absolute Gasteiger partial charge is 0.307 e. The average Bonchev–Trinajstić information content (AvgIpc) is 3.09. The van der Waals surface area contributed by atoms with Crippen LogP contribution in [0.4, 0.5) is 0 Å². The monoisotopic (exact) mass is 318 g/mol. The number of nitrogens with zero attached hydrogens (tertiary/aromatic N) is 2. The molecule has 0 aliphatic rings. The number of aryl methyl sites for hydroxylation is 1. The molecular weight excluding hydrogens is 304 g/mol. The highest BCUT2D eigenvalue weighted by molar-refractivity contribution is 5.85.